The summed E-state index contributed by atoms with van der Waals surface area (Å²) in [6, 6.07) is 2.40. The number of rotatable bonds is 3. The molecule has 2 nitrogen and oxygen atoms in total. The number of benzene rings is 1. The van der Waals surface area contributed by atoms with Gasteiger partial charge in [0.1, 0.15) is 5.82 Å². The highest BCUT2D eigenvalue weighted by Crippen LogP contribution is 2.34. The van der Waals surface area contributed by atoms with E-state index in [9.17, 15) is 17.6 Å². The highest BCUT2D eigenvalue weighted by atomic mass is 19.4. The van der Waals surface area contributed by atoms with Crippen LogP contribution in [0.3, 0.4) is 0 Å². The zero-order valence-corrected chi connectivity index (χ0v) is 10.2. The van der Waals surface area contributed by atoms with Crippen LogP contribution in [0.2, 0.25) is 0 Å². The van der Waals surface area contributed by atoms with Crippen molar-refractivity contribution in [1.29, 1.82) is 0 Å². The van der Waals surface area contributed by atoms with Gasteiger partial charge in [-0.25, -0.2) is 4.39 Å². The van der Waals surface area contributed by atoms with Gasteiger partial charge in [-0.15, -0.1) is 0 Å². The van der Waals surface area contributed by atoms with Gasteiger partial charge < -0.3 is 10.5 Å². The van der Waals surface area contributed by atoms with Gasteiger partial charge in [0.05, 0.1) is 5.56 Å². The third kappa shape index (κ3) is 3.45. The van der Waals surface area contributed by atoms with Crippen molar-refractivity contribution in [2.24, 2.45) is 11.7 Å². The molecule has 19 heavy (non-hydrogen) atoms. The molecule has 2 atom stereocenters. The van der Waals surface area contributed by atoms with Gasteiger partial charge in [0.25, 0.3) is 0 Å². The summed E-state index contributed by atoms with van der Waals surface area (Å²) in [5.41, 5.74) is 4.94. The minimum Gasteiger partial charge on any atom is -0.381 e. The van der Waals surface area contributed by atoms with E-state index < -0.39 is 23.6 Å². The SMILES string of the molecule is NC(CC1CCOC1)c1ccc(F)c(C(F)(F)F)c1. The van der Waals surface area contributed by atoms with E-state index in [1.807, 2.05) is 0 Å². The second kappa shape index (κ2) is 5.46. The van der Waals surface area contributed by atoms with Crippen LogP contribution in [0.1, 0.15) is 30.0 Å². The molecule has 1 aromatic rings. The van der Waals surface area contributed by atoms with Crippen molar-refractivity contribution < 1.29 is 22.3 Å². The van der Waals surface area contributed by atoms with Crippen LogP contribution in [0.5, 0.6) is 0 Å². The summed E-state index contributed by atoms with van der Waals surface area (Å²) in [6.45, 7) is 1.25. The average Bonchev–Trinajstić information content (AvgIpc) is 2.80. The molecule has 2 N–H and O–H groups in total. The first kappa shape index (κ1) is 14.3. The molecular formula is C13H15F4NO. The Labute approximate surface area is 108 Å². The second-order valence-electron chi connectivity index (χ2n) is 4.81. The van der Waals surface area contributed by atoms with Crippen LogP contribution in [-0.4, -0.2) is 13.2 Å². The summed E-state index contributed by atoms with van der Waals surface area (Å²) in [5.74, 6) is -1.01. The van der Waals surface area contributed by atoms with Gasteiger partial charge in [0.15, 0.2) is 0 Å². The maximum atomic E-state index is 13.2. The average molecular weight is 277 g/mol. The number of halogens is 4. The Kier molecular flexibility index (Phi) is 4.10. The monoisotopic (exact) mass is 277 g/mol. The normalized spacial score (nSPS) is 21.6. The third-order valence-electron chi connectivity index (χ3n) is 3.34. The van der Waals surface area contributed by atoms with E-state index >= 15 is 0 Å². The summed E-state index contributed by atoms with van der Waals surface area (Å²) in [7, 11) is 0. The lowest BCUT2D eigenvalue weighted by molar-refractivity contribution is -0.140. The minimum absolute atomic E-state index is 0.259. The lowest BCUT2D eigenvalue weighted by Crippen LogP contribution is -2.17. The van der Waals surface area contributed by atoms with Gasteiger partial charge in [0, 0.05) is 19.3 Å². The largest absolute Gasteiger partial charge is 0.419 e. The van der Waals surface area contributed by atoms with Gasteiger partial charge in [0.2, 0.25) is 0 Å². The summed E-state index contributed by atoms with van der Waals surface area (Å²) >= 11 is 0. The van der Waals surface area contributed by atoms with Crippen LogP contribution in [0, 0.1) is 11.7 Å². The molecule has 0 aliphatic carbocycles. The molecule has 1 fully saturated rings. The Morgan fingerprint density at radius 2 is 2.11 bits per heavy atom. The van der Waals surface area contributed by atoms with Gasteiger partial charge in [-0.3, -0.25) is 0 Å². The number of nitrogens with two attached hydrogens (primary N) is 1. The zero-order valence-electron chi connectivity index (χ0n) is 10.2. The second-order valence-corrected chi connectivity index (χ2v) is 4.81. The van der Waals surface area contributed by atoms with E-state index in [0.717, 1.165) is 18.6 Å². The van der Waals surface area contributed by atoms with Gasteiger partial charge in [-0.1, -0.05) is 6.07 Å². The topological polar surface area (TPSA) is 35.2 Å². The van der Waals surface area contributed by atoms with Crippen LogP contribution in [-0.2, 0) is 10.9 Å². The van der Waals surface area contributed by atoms with E-state index in [1.54, 1.807) is 0 Å². The zero-order chi connectivity index (χ0) is 14.0. The van der Waals surface area contributed by atoms with Crippen molar-refractivity contribution in [3.05, 3.63) is 35.1 Å². The molecule has 0 radical (unpaired) electrons. The number of hydrogen-bond acceptors (Lipinski definition) is 2. The van der Waals surface area contributed by atoms with Gasteiger partial charge in [-0.2, -0.15) is 13.2 Å². The first-order chi connectivity index (χ1) is 8.88. The molecule has 0 bridgehead atoms. The maximum Gasteiger partial charge on any atom is 0.419 e. The molecule has 2 unspecified atom stereocenters. The molecular weight excluding hydrogens is 262 g/mol. The fourth-order valence-corrected chi connectivity index (χ4v) is 2.26. The third-order valence-corrected chi connectivity index (χ3v) is 3.34. The molecule has 6 heteroatoms. The Morgan fingerprint density at radius 1 is 1.37 bits per heavy atom. The maximum absolute atomic E-state index is 13.2. The summed E-state index contributed by atoms with van der Waals surface area (Å²) in [5, 5.41) is 0. The lowest BCUT2D eigenvalue weighted by Gasteiger charge is -2.17. The molecule has 1 aliphatic rings. The molecule has 1 aromatic carbocycles. The number of alkyl halides is 3. The van der Waals surface area contributed by atoms with Crippen LogP contribution in [0.25, 0.3) is 0 Å². The van der Waals surface area contributed by atoms with E-state index in [1.165, 1.54) is 6.07 Å². The predicted octanol–water partition coefficient (Wildman–Crippen LogP) is 3.27. The quantitative estimate of drug-likeness (QED) is 0.861. The Morgan fingerprint density at radius 3 is 2.68 bits per heavy atom. The van der Waals surface area contributed by atoms with Crippen LogP contribution in [0.4, 0.5) is 17.6 Å². The Balaban J connectivity index is 2.15. The van der Waals surface area contributed by atoms with Crippen molar-refractivity contribution in [1.82, 2.24) is 0 Å². The van der Waals surface area contributed by atoms with Gasteiger partial charge in [-0.05, 0) is 36.5 Å². The summed E-state index contributed by atoms with van der Waals surface area (Å²) in [6.07, 6.45) is -3.29. The predicted molar refractivity (Wildman–Crippen MR) is 61.9 cm³/mol. The highest BCUT2D eigenvalue weighted by Gasteiger charge is 2.34. The van der Waals surface area contributed by atoms with E-state index in [0.29, 0.717) is 25.2 Å². The molecule has 106 valence electrons. The van der Waals surface area contributed by atoms with E-state index in [2.05, 4.69) is 0 Å². The number of ether oxygens (including phenoxy) is 1. The lowest BCUT2D eigenvalue weighted by atomic mass is 9.94. The first-order valence-electron chi connectivity index (χ1n) is 6.08. The smallest absolute Gasteiger partial charge is 0.381 e. The Bertz CT molecular complexity index is 441. The van der Waals surface area contributed by atoms with Crippen LogP contribution >= 0.6 is 0 Å². The summed E-state index contributed by atoms with van der Waals surface area (Å²) in [4.78, 5) is 0. The fraction of sp³-hybridized carbons (Fsp3) is 0.538. The van der Waals surface area contributed by atoms with E-state index in [4.69, 9.17) is 10.5 Å². The Hall–Kier alpha value is -1.14. The standard InChI is InChI=1S/C13H15F4NO/c14-11-2-1-9(6-10(11)13(15,16)17)12(18)5-8-3-4-19-7-8/h1-2,6,8,12H,3-5,7,18H2. The number of hydrogen-bond donors (Lipinski definition) is 1. The molecule has 1 heterocycles. The van der Waals surface area contributed by atoms with Crippen LogP contribution < -0.4 is 5.73 Å². The van der Waals surface area contributed by atoms with Crippen molar-refractivity contribution in [3.63, 3.8) is 0 Å². The minimum atomic E-state index is -4.70. The van der Waals surface area contributed by atoms with E-state index in [-0.39, 0.29) is 5.92 Å². The van der Waals surface area contributed by atoms with Gasteiger partial charge >= 0.3 is 6.18 Å². The molecule has 0 aromatic heterocycles. The van der Waals surface area contributed by atoms with Crippen LogP contribution in [0.15, 0.2) is 18.2 Å². The molecule has 1 aliphatic heterocycles. The fourth-order valence-electron chi connectivity index (χ4n) is 2.26. The first-order valence-corrected chi connectivity index (χ1v) is 6.08. The van der Waals surface area contributed by atoms with Crippen molar-refractivity contribution in [2.75, 3.05) is 13.2 Å². The highest BCUT2D eigenvalue weighted by molar-refractivity contribution is 5.29. The molecule has 1 saturated heterocycles. The van der Waals surface area contributed by atoms with Crippen molar-refractivity contribution in [2.45, 2.75) is 25.1 Å². The van der Waals surface area contributed by atoms with Crippen molar-refractivity contribution >= 4 is 0 Å². The molecule has 0 spiro atoms. The van der Waals surface area contributed by atoms with Crippen molar-refractivity contribution in [3.8, 4) is 0 Å². The molecule has 0 amide bonds. The molecule has 0 saturated carbocycles. The molecule has 2 rings (SSSR count). The summed E-state index contributed by atoms with van der Waals surface area (Å²) < 4.78 is 56.1.